The van der Waals surface area contributed by atoms with Crippen molar-refractivity contribution < 1.29 is 0 Å². The molecule has 3 rings (SSSR count). The highest BCUT2D eigenvalue weighted by atomic mass is 35.5. The first-order valence-corrected chi connectivity index (χ1v) is 8.55. The predicted molar refractivity (Wildman–Crippen MR) is 96.9 cm³/mol. The summed E-state index contributed by atoms with van der Waals surface area (Å²) in [5.41, 5.74) is 4.10. The maximum absolute atomic E-state index is 6.38. The monoisotopic (exact) mass is 330 g/mol. The predicted octanol–water partition coefficient (Wildman–Crippen LogP) is 5.15. The number of benzene rings is 1. The van der Waals surface area contributed by atoms with Gasteiger partial charge < -0.3 is 10.6 Å². The summed E-state index contributed by atoms with van der Waals surface area (Å²) in [5.74, 6) is 1.46. The molecule has 1 fully saturated rings. The largest absolute Gasteiger partial charge is 0.351 e. The zero-order valence-electron chi connectivity index (χ0n) is 13.9. The van der Waals surface area contributed by atoms with Crippen LogP contribution < -0.4 is 10.6 Å². The lowest BCUT2D eigenvalue weighted by atomic mass is 10.1. The number of nitrogens with one attached hydrogen (secondary N) is 2. The van der Waals surface area contributed by atoms with E-state index in [0.717, 1.165) is 28.3 Å². The van der Waals surface area contributed by atoms with Crippen LogP contribution in [0.3, 0.4) is 0 Å². The van der Waals surface area contributed by atoms with Crippen LogP contribution >= 0.6 is 11.6 Å². The normalized spacial score (nSPS) is 15.0. The van der Waals surface area contributed by atoms with Gasteiger partial charge in [-0.3, -0.25) is 0 Å². The van der Waals surface area contributed by atoms with Crippen LogP contribution in [-0.4, -0.2) is 16.0 Å². The molecule has 0 unspecified atom stereocenters. The van der Waals surface area contributed by atoms with Crippen molar-refractivity contribution in [3.05, 3.63) is 40.0 Å². The highest BCUT2D eigenvalue weighted by molar-refractivity contribution is 6.33. The molecule has 1 aromatic heterocycles. The van der Waals surface area contributed by atoms with Gasteiger partial charge in [-0.2, -0.15) is 4.98 Å². The van der Waals surface area contributed by atoms with Crippen molar-refractivity contribution in [1.82, 2.24) is 9.97 Å². The number of aromatic nitrogens is 2. The van der Waals surface area contributed by atoms with Crippen LogP contribution in [0, 0.1) is 20.8 Å². The topological polar surface area (TPSA) is 49.8 Å². The zero-order chi connectivity index (χ0) is 16.4. The van der Waals surface area contributed by atoms with Gasteiger partial charge in [0.2, 0.25) is 5.95 Å². The van der Waals surface area contributed by atoms with Gasteiger partial charge in [-0.15, -0.1) is 0 Å². The van der Waals surface area contributed by atoms with Gasteiger partial charge >= 0.3 is 0 Å². The first-order valence-electron chi connectivity index (χ1n) is 8.17. The van der Waals surface area contributed by atoms with Gasteiger partial charge in [-0.25, -0.2) is 4.98 Å². The minimum absolute atomic E-state index is 0.495. The van der Waals surface area contributed by atoms with E-state index < -0.39 is 0 Å². The lowest BCUT2D eigenvalue weighted by molar-refractivity contribution is 0.743. The molecule has 0 aliphatic heterocycles. The summed E-state index contributed by atoms with van der Waals surface area (Å²) in [6.45, 7) is 6.07. The van der Waals surface area contributed by atoms with Gasteiger partial charge in [0.25, 0.3) is 0 Å². The highest BCUT2D eigenvalue weighted by Gasteiger charge is 2.16. The van der Waals surface area contributed by atoms with Crippen LogP contribution in [-0.2, 0) is 0 Å². The summed E-state index contributed by atoms with van der Waals surface area (Å²) in [6.07, 6.45) is 4.96. The molecule has 5 heteroatoms. The maximum atomic E-state index is 6.38. The molecule has 0 spiro atoms. The van der Waals surface area contributed by atoms with Crippen molar-refractivity contribution in [2.24, 2.45) is 0 Å². The van der Waals surface area contributed by atoms with Crippen molar-refractivity contribution >= 4 is 29.1 Å². The van der Waals surface area contributed by atoms with Gasteiger partial charge in [-0.1, -0.05) is 30.5 Å². The Morgan fingerprint density at radius 2 is 1.78 bits per heavy atom. The van der Waals surface area contributed by atoms with Crippen molar-refractivity contribution in [3.63, 3.8) is 0 Å². The van der Waals surface area contributed by atoms with Crippen LogP contribution in [0.25, 0.3) is 0 Å². The van der Waals surface area contributed by atoms with Crippen molar-refractivity contribution in [1.29, 1.82) is 0 Å². The molecule has 122 valence electrons. The molecule has 0 atom stereocenters. The Hall–Kier alpha value is -1.81. The summed E-state index contributed by atoms with van der Waals surface area (Å²) in [5, 5.41) is 7.51. The number of halogens is 1. The van der Waals surface area contributed by atoms with Gasteiger partial charge in [0.15, 0.2) is 0 Å². The second-order valence-corrected chi connectivity index (χ2v) is 6.81. The molecule has 2 N–H and O–H groups in total. The van der Waals surface area contributed by atoms with Crippen molar-refractivity contribution in [3.8, 4) is 0 Å². The van der Waals surface area contributed by atoms with E-state index in [9.17, 15) is 0 Å². The van der Waals surface area contributed by atoms with Crippen molar-refractivity contribution in [2.75, 3.05) is 10.6 Å². The van der Waals surface area contributed by atoms with Gasteiger partial charge in [0, 0.05) is 17.8 Å². The number of nitrogens with zero attached hydrogens (tertiary/aromatic N) is 2. The smallest absolute Gasteiger partial charge is 0.225 e. The van der Waals surface area contributed by atoms with Crippen LogP contribution in [0.1, 0.15) is 42.5 Å². The van der Waals surface area contributed by atoms with Crippen molar-refractivity contribution in [2.45, 2.75) is 52.5 Å². The van der Waals surface area contributed by atoms with E-state index in [-0.39, 0.29) is 0 Å². The SMILES string of the molecule is Cc1cc(C)c(Nc2cc(C)nc(NC3CCCC3)n2)c(Cl)c1. The number of aryl methyl sites for hydroxylation is 3. The molecule has 1 heterocycles. The van der Waals surface area contributed by atoms with E-state index in [1.54, 1.807) is 0 Å². The summed E-state index contributed by atoms with van der Waals surface area (Å²) in [4.78, 5) is 9.11. The van der Waals surface area contributed by atoms with E-state index in [1.165, 1.54) is 25.7 Å². The van der Waals surface area contributed by atoms with E-state index >= 15 is 0 Å². The molecule has 4 nitrogen and oxygen atoms in total. The molecular weight excluding hydrogens is 308 g/mol. The molecule has 1 aromatic carbocycles. The van der Waals surface area contributed by atoms with Gasteiger partial charge in [-0.05, 0) is 50.8 Å². The van der Waals surface area contributed by atoms with Crippen LogP contribution in [0.2, 0.25) is 5.02 Å². The highest BCUT2D eigenvalue weighted by Crippen LogP contribution is 2.30. The molecule has 0 amide bonds. The molecule has 0 radical (unpaired) electrons. The third kappa shape index (κ3) is 3.94. The fourth-order valence-electron chi connectivity index (χ4n) is 3.15. The molecule has 0 bridgehead atoms. The van der Waals surface area contributed by atoms with E-state index in [4.69, 9.17) is 11.6 Å². The van der Waals surface area contributed by atoms with Crippen LogP contribution in [0.4, 0.5) is 17.5 Å². The number of hydrogen-bond acceptors (Lipinski definition) is 4. The molecule has 1 saturated carbocycles. The van der Waals surface area contributed by atoms with Crippen LogP contribution in [0.5, 0.6) is 0 Å². The molecule has 23 heavy (non-hydrogen) atoms. The van der Waals surface area contributed by atoms with E-state index in [2.05, 4.69) is 26.7 Å². The second kappa shape index (κ2) is 6.75. The average molecular weight is 331 g/mol. The molecule has 2 aromatic rings. The first-order chi connectivity index (χ1) is 11.0. The summed E-state index contributed by atoms with van der Waals surface area (Å²) < 4.78 is 0. The first kappa shape index (κ1) is 16.1. The molecule has 0 saturated heterocycles. The molecule has 1 aliphatic carbocycles. The number of anilines is 3. The Labute approximate surface area is 142 Å². The Morgan fingerprint density at radius 1 is 1.04 bits per heavy atom. The van der Waals surface area contributed by atoms with E-state index in [1.807, 2.05) is 32.9 Å². The average Bonchev–Trinajstić information content (AvgIpc) is 2.95. The zero-order valence-corrected chi connectivity index (χ0v) is 14.7. The minimum atomic E-state index is 0.495. The maximum Gasteiger partial charge on any atom is 0.225 e. The Kier molecular flexibility index (Phi) is 4.71. The van der Waals surface area contributed by atoms with E-state index in [0.29, 0.717) is 17.0 Å². The van der Waals surface area contributed by atoms with Crippen LogP contribution in [0.15, 0.2) is 18.2 Å². The lowest BCUT2D eigenvalue weighted by Gasteiger charge is -2.15. The summed E-state index contributed by atoms with van der Waals surface area (Å²) in [7, 11) is 0. The fraction of sp³-hybridized carbons (Fsp3) is 0.444. The minimum Gasteiger partial charge on any atom is -0.351 e. The molecule has 1 aliphatic rings. The third-order valence-corrected chi connectivity index (χ3v) is 4.53. The summed E-state index contributed by atoms with van der Waals surface area (Å²) in [6, 6.07) is 6.51. The summed E-state index contributed by atoms with van der Waals surface area (Å²) >= 11 is 6.38. The lowest BCUT2D eigenvalue weighted by Crippen LogP contribution is -2.17. The standard InChI is InChI=1S/C18H23ClN4/c1-11-8-12(2)17(15(19)9-11)22-16-10-13(3)20-18(23-16)21-14-6-4-5-7-14/h8-10,14H,4-7H2,1-3H3,(H2,20,21,22,23). The van der Waals surface area contributed by atoms with Gasteiger partial charge in [0.05, 0.1) is 10.7 Å². The second-order valence-electron chi connectivity index (χ2n) is 6.41. The Balaban J connectivity index is 1.84. The third-order valence-electron chi connectivity index (χ3n) is 4.23. The quantitative estimate of drug-likeness (QED) is 0.813. The Morgan fingerprint density at radius 3 is 2.48 bits per heavy atom. The number of hydrogen-bond donors (Lipinski definition) is 2. The molecular formula is C18H23ClN4. The number of rotatable bonds is 4. The Bertz CT molecular complexity index is 685. The fourth-order valence-corrected chi connectivity index (χ4v) is 3.52. The van der Waals surface area contributed by atoms with Gasteiger partial charge in [0.1, 0.15) is 5.82 Å².